The molecule has 0 aliphatic heterocycles. The summed E-state index contributed by atoms with van der Waals surface area (Å²) in [6.07, 6.45) is 2.93. The van der Waals surface area contributed by atoms with Crippen LogP contribution in [0.15, 0.2) is 30.7 Å². The van der Waals surface area contributed by atoms with Gasteiger partial charge in [0, 0.05) is 24.4 Å². The van der Waals surface area contributed by atoms with Crippen LogP contribution in [0.5, 0.6) is 0 Å². The van der Waals surface area contributed by atoms with E-state index >= 15 is 0 Å². The molecule has 0 unspecified atom stereocenters. The fourth-order valence-electron chi connectivity index (χ4n) is 2.13. The third-order valence-corrected chi connectivity index (χ3v) is 3.55. The zero-order chi connectivity index (χ0) is 16.6. The maximum atomic E-state index is 11.5. The van der Waals surface area contributed by atoms with Crippen molar-refractivity contribution in [2.75, 3.05) is 0 Å². The van der Waals surface area contributed by atoms with Crippen molar-refractivity contribution >= 4 is 29.1 Å². The van der Waals surface area contributed by atoms with E-state index in [0.29, 0.717) is 22.6 Å². The molecular formula is C14H10Cl2N6O. The smallest absolute Gasteiger partial charge is 0.250 e. The first-order chi connectivity index (χ1) is 11.0. The second-order valence-electron chi connectivity index (χ2n) is 4.75. The van der Waals surface area contributed by atoms with Crippen LogP contribution >= 0.6 is 23.2 Å². The van der Waals surface area contributed by atoms with Gasteiger partial charge in [-0.25, -0.2) is 4.98 Å². The van der Waals surface area contributed by atoms with E-state index in [1.807, 2.05) is 0 Å². The van der Waals surface area contributed by atoms with Crippen LogP contribution in [0.25, 0.3) is 22.6 Å². The maximum absolute atomic E-state index is 11.5. The number of amides is 1. The number of hydrogen-bond acceptors (Lipinski definition) is 5. The summed E-state index contributed by atoms with van der Waals surface area (Å²) in [5.74, 6) is -0.0575. The van der Waals surface area contributed by atoms with Crippen molar-refractivity contribution < 1.29 is 4.79 Å². The van der Waals surface area contributed by atoms with Gasteiger partial charge in [-0.15, -0.1) is 10.2 Å². The molecule has 0 atom stereocenters. The molecule has 7 nitrogen and oxygen atoms in total. The van der Waals surface area contributed by atoms with Gasteiger partial charge in [-0.3, -0.25) is 9.78 Å². The molecule has 9 heteroatoms. The van der Waals surface area contributed by atoms with Gasteiger partial charge in [0.15, 0.2) is 5.82 Å². The standard InChI is InChI=1S/C14H10Cl2N6O/c1-22-6-19-21-14(22)9-2-8(13(17)23)5-18-12(9)7-3-10(15)20-11(16)4-7/h2-6H,1H3,(H2,17,23). The summed E-state index contributed by atoms with van der Waals surface area (Å²) < 4.78 is 1.70. The van der Waals surface area contributed by atoms with E-state index in [1.165, 1.54) is 6.20 Å². The molecule has 3 heterocycles. The average Bonchev–Trinajstić information content (AvgIpc) is 2.91. The highest BCUT2D eigenvalue weighted by atomic mass is 35.5. The third-order valence-electron chi connectivity index (χ3n) is 3.16. The first-order valence-corrected chi connectivity index (χ1v) is 7.19. The number of nitrogens with zero attached hydrogens (tertiary/aromatic N) is 5. The number of carbonyl (C=O) groups is 1. The molecule has 0 saturated carbocycles. The molecule has 3 aromatic heterocycles. The van der Waals surface area contributed by atoms with Crippen molar-refractivity contribution in [3.8, 4) is 22.6 Å². The first kappa shape index (κ1) is 15.4. The predicted molar refractivity (Wildman–Crippen MR) is 86.0 cm³/mol. The van der Waals surface area contributed by atoms with Crippen LogP contribution in [0.1, 0.15) is 10.4 Å². The van der Waals surface area contributed by atoms with Gasteiger partial charge in [-0.05, 0) is 18.2 Å². The Hall–Kier alpha value is -2.51. The summed E-state index contributed by atoms with van der Waals surface area (Å²) in [6, 6.07) is 4.86. The van der Waals surface area contributed by atoms with Gasteiger partial charge in [0.05, 0.1) is 11.3 Å². The van der Waals surface area contributed by atoms with Crippen LogP contribution in [0.2, 0.25) is 10.3 Å². The fourth-order valence-corrected chi connectivity index (χ4v) is 2.59. The monoisotopic (exact) mass is 348 g/mol. The van der Waals surface area contributed by atoms with Gasteiger partial charge in [0.2, 0.25) is 5.91 Å². The molecular weight excluding hydrogens is 339 g/mol. The minimum absolute atomic E-state index is 0.234. The lowest BCUT2D eigenvalue weighted by molar-refractivity contribution is 0.1000. The third kappa shape index (κ3) is 3.01. The molecule has 3 aromatic rings. The van der Waals surface area contributed by atoms with Gasteiger partial charge in [-0.1, -0.05) is 23.2 Å². The van der Waals surface area contributed by atoms with E-state index in [0.717, 1.165) is 0 Å². The first-order valence-electron chi connectivity index (χ1n) is 6.43. The Labute approximate surface area is 141 Å². The van der Waals surface area contributed by atoms with E-state index in [4.69, 9.17) is 28.9 Å². The number of carbonyl (C=O) groups excluding carboxylic acids is 1. The van der Waals surface area contributed by atoms with Crippen LogP contribution in [0.4, 0.5) is 0 Å². The van der Waals surface area contributed by atoms with Crippen molar-refractivity contribution in [3.05, 3.63) is 46.6 Å². The number of aryl methyl sites for hydroxylation is 1. The number of pyridine rings is 2. The molecule has 0 aliphatic rings. The summed E-state index contributed by atoms with van der Waals surface area (Å²) in [6.45, 7) is 0. The largest absolute Gasteiger partial charge is 0.366 e. The topological polar surface area (TPSA) is 99.6 Å². The summed E-state index contributed by atoms with van der Waals surface area (Å²) >= 11 is 11.9. The van der Waals surface area contributed by atoms with Gasteiger partial charge < -0.3 is 10.3 Å². The van der Waals surface area contributed by atoms with Gasteiger partial charge >= 0.3 is 0 Å². The second kappa shape index (κ2) is 5.94. The SMILES string of the molecule is Cn1cnnc1-c1cc(C(N)=O)cnc1-c1cc(Cl)nc(Cl)c1. The summed E-state index contributed by atoms with van der Waals surface area (Å²) in [5.41, 5.74) is 7.36. The number of aromatic nitrogens is 5. The van der Waals surface area contributed by atoms with Crippen LogP contribution in [-0.2, 0) is 7.05 Å². The Kier molecular flexibility index (Phi) is 3.97. The Bertz CT molecular complexity index is 888. The molecule has 1 amide bonds. The lowest BCUT2D eigenvalue weighted by Crippen LogP contribution is -2.12. The highest BCUT2D eigenvalue weighted by molar-refractivity contribution is 6.32. The molecule has 0 fully saturated rings. The van der Waals surface area contributed by atoms with Crippen LogP contribution in [0, 0.1) is 0 Å². The van der Waals surface area contributed by atoms with E-state index < -0.39 is 5.91 Å². The minimum Gasteiger partial charge on any atom is -0.366 e. The fraction of sp³-hybridized carbons (Fsp3) is 0.0714. The zero-order valence-electron chi connectivity index (χ0n) is 11.9. The Morgan fingerprint density at radius 2 is 1.91 bits per heavy atom. The second-order valence-corrected chi connectivity index (χ2v) is 5.53. The Morgan fingerprint density at radius 1 is 1.22 bits per heavy atom. The molecule has 0 aliphatic carbocycles. The van der Waals surface area contributed by atoms with Crippen molar-refractivity contribution in [1.29, 1.82) is 0 Å². The number of hydrogen-bond donors (Lipinski definition) is 1. The lowest BCUT2D eigenvalue weighted by Gasteiger charge is -2.10. The van der Waals surface area contributed by atoms with E-state index in [9.17, 15) is 4.79 Å². The molecule has 116 valence electrons. The van der Waals surface area contributed by atoms with Crippen LogP contribution < -0.4 is 5.73 Å². The highest BCUT2D eigenvalue weighted by Gasteiger charge is 2.17. The molecule has 3 rings (SSSR count). The molecule has 0 bridgehead atoms. The summed E-state index contributed by atoms with van der Waals surface area (Å²) in [7, 11) is 1.78. The van der Waals surface area contributed by atoms with Crippen LogP contribution in [0.3, 0.4) is 0 Å². The van der Waals surface area contributed by atoms with Crippen molar-refractivity contribution in [3.63, 3.8) is 0 Å². The van der Waals surface area contributed by atoms with Gasteiger partial charge in [0.25, 0.3) is 0 Å². The molecule has 0 spiro atoms. The maximum Gasteiger partial charge on any atom is 0.250 e. The number of halogens is 2. The van der Waals surface area contributed by atoms with E-state index in [2.05, 4.69) is 20.2 Å². The summed E-state index contributed by atoms with van der Waals surface area (Å²) in [5, 5.41) is 8.37. The molecule has 2 N–H and O–H groups in total. The van der Waals surface area contributed by atoms with Crippen molar-refractivity contribution in [1.82, 2.24) is 24.7 Å². The normalized spacial score (nSPS) is 10.7. The summed E-state index contributed by atoms with van der Waals surface area (Å²) in [4.78, 5) is 19.7. The Balaban J connectivity index is 2.28. The average molecular weight is 349 g/mol. The molecule has 0 saturated heterocycles. The van der Waals surface area contributed by atoms with Gasteiger partial charge in [0.1, 0.15) is 16.6 Å². The molecule has 0 radical (unpaired) electrons. The Morgan fingerprint density at radius 3 is 2.48 bits per heavy atom. The van der Waals surface area contributed by atoms with Crippen molar-refractivity contribution in [2.24, 2.45) is 12.8 Å². The molecule has 23 heavy (non-hydrogen) atoms. The van der Waals surface area contributed by atoms with Crippen LogP contribution in [-0.4, -0.2) is 30.6 Å². The minimum atomic E-state index is -0.585. The van der Waals surface area contributed by atoms with E-state index in [1.54, 1.807) is 36.1 Å². The van der Waals surface area contributed by atoms with Gasteiger partial charge in [-0.2, -0.15) is 0 Å². The number of primary amides is 1. The number of nitrogens with two attached hydrogens (primary N) is 1. The zero-order valence-corrected chi connectivity index (χ0v) is 13.4. The number of rotatable bonds is 3. The van der Waals surface area contributed by atoms with Crippen molar-refractivity contribution in [2.45, 2.75) is 0 Å². The lowest BCUT2D eigenvalue weighted by atomic mass is 10.0. The predicted octanol–water partition coefficient (Wildman–Crippen LogP) is 2.34. The molecule has 0 aromatic carbocycles. The quantitative estimate of drug-likeness (QED) is 0.732. The highest BCUT2D eigenvalue weighted by Crippen LogP contribution is 2.31. The van der Waals surface area contributed by atoms with E-state index in [-0.39, 0.29) is 15.9 Å².